The quantitative estimate of drug-likeness (QED) is 0.462. The van der Waals surface area contributed by atoms with E-state index in [1.54, 1.807) is 24.2 Å². The first kappa shape index (κ1) is 21.2. The molecule has 0 aromatic heterocycles. The SMILES string of the molecule is C1=CC(c2cccc3c2[cH-]c2ccccc23)C=C1.C[C](C)=[Zr+2].[Cl-].[Cl-]. The van der Waals surface area contributed by atoms with Gasteiger partial charge in [-0.25, -0.2) is 0 Å². The third-order valence-corrected chi connectivity index (χ3v) is 3.80. The van der Waals surface area contributed by atoms with Crippen LogP contribution in [0.4, 0.5) is 0 Å². The third kappa shape index (κ3) is 4.60. The van der Waals surface area contributed by atoms with Gasteiger partial charge in [-0.1, -0.05) is 66.3 Å². The van der Waals surface area contributed by atoms with Gasteiger partial charge in [-0.3, -0.25) is 0 Å². The minimum Gasteiger partial charge on any atom is -1.00 e. The van der Waals surface area contributed by atoms with Gasteiger partial charge in [0.15, 0.2) is 0 Å². The maximum absolute atomic E-state index is 2.32. The van der Waals surface area contributed by atoms with Crippen molar-refractivity contribution in [2.75, 3.05) is 0 Å². The predicted octanol–water partition coefficient (Wildman–Crippen LogP) is -0.325. The number of hydrogen-bond donors (Lipinski definition) is 0. The summed E-state index contributed by atoms with van der Waals surface area (Å²) in [6.45, 7) is 4.25. The summed E-state index contributed by atoms with van der Waals surface area (Å²) in [5, 5.41) is 5.46. The number of hydrogen-bond acceptors (Lipinski definition) is 0. The maximum Gasteiger partial charge on any atom is -1.00 e. The van der Waals surface area contributed by atoms with Crippen molar-refractivity contribution in [2.24, 2.45) is 0 Å². The van der Waals surface area contributed by atoms with E-state index in [9.17, 15) is 0 Å². The van der Waals surface area contributed by atoms with E-state index in [0.29, 0.717) is 5.92 Å². The van der Waals surface area contributed by atoms with Gasteiger partial charge in [0.2, 0.25) is 0 Å². The minimum atomic E-state index is 0. The van der Waals surface area contributed by atoms with Gasteiger partial charge >= 0.3 is 41.3 Å². The molecule has 0 nitrogen and oxygen atoms in total. The van der Waals surface area contributed by atoms with E-state index < -0.39 is 0 Å². The minimum absolute atomic E-state index is 0. The molecule has 4 rings (SSSR count). The fraction of sp³-hybridized carbons (Fsp3) is 0.143. The summed E-state index contributed by atoms with van der Waals surface area (Å²) in [6.07, 6.45) is 8.77. The molecular formula is C21H19Cl2Zr-. The fourth-order valence-electron chi connectivity index (χ4n) is 2.93. The van der Waals surface area contributed by atoms with Crippen LogP contribution < -0.4 is 24.8 Å². The van der Waals surface area contributed by atoms with Gasteiger partial charge < -0.3 is 24.8 Å². The Morgan fingerprint density at radius 2 is 1.46 bits per heavy atom. The summed E-state index contributed by atoms with van der Waals surface area (Å²) < 4.78 is 1.51. The topological polar surface area (TPSA) is 0 Å². The molecule has 3 aromatic carbocycles. The zero-order valence-corrected chi connectivity index (χ0v) is 17.7. The molecule has 1 aliphatic rings. The van der Waals surface area contributed by atoms with Crippen LogP contribution in [0.25, 0.3) is 21.5 Å². The first-order valence-electron chi connectivity index (χ1n) is 7.60. The average Bonchev–Trinajstić information content (AvgIpc) is 3.14. The van der Waals surface area contributed by atoms with Gasteiger partial charge in [-0.2, -0.15) is 0 Å². The summed E-state index contributed by atoms with van der Waals surface area (Å²) in [7, 11) is 0. The number of fused-ring (bicyclic) bond motifs is 3. The Morgan fingerprint density at radius 3 is 2.12 bits per heavy atom. The summed E-state index contributed by atoms with van der Waals surface area (Å²) in [5.41, 5.74) is 1.41. The first-order valence-corrected chi connectivity index (χ1v) is 8.83. The molecule has 1 aliphatic carbocycles. The van der Waals surface area contributed by atoms with Crippen molar-refractivity contribution in [1.29, 1.82) is 0 Å². The summed E-state index contributed by atoms with van der Waals surface area (Å²) >= 11 is 1.55. The van der Waals surface area contributed by atoms with E-state index in [-0.39, 0.29) is 24.8 Å². The second kappa shape index (κ2) is 9.57. The van der Waals surface area contributed by atoms with E-state index in [1.807, 2.05) is 0 Å². The molecule has 24 heavy (non-hydrogen) atoms. The molecular weight excluding hydrogens is 414 g/mol. The van der Waals surface area contributed by atoms with Crippen molar-refractivity contribution in [3.63, 3.8) is 0 Å². The van der Waals surface area contributed by atoms with E-state index >= 15 is 0 Å². The Morgan fingerprint density at radius 1 is 0.875 bits per heavy atom. The van der Waals surface area contributed by atoms with Gasteiger partial charge in [0, 0.05) is 0 Å². The fourth-order valence-corrected chi connectivity index (χ4v) is 2.93. The molecule has 0 saturated carbocycles. The summed E-state index contributed by atoms with van der Waals surface area (Å²) in [4.78, 5) is 0. The first-order chi connectivity index (χ1) is 10.7. The smallest absolute Gasteiger partial charge is 1.00 e. The van der Waals surface area contributed by atoms with Crippen LogP contribution in [0.3, 0.4) is 0 Å². The van der Waals surface area contributed by atoms with Gasteiger partial charge in [0.05, 0.1) is 0 Å². The van der Waals surface area contributed by atoms with Crippen molar-refractivity contribution in [2.45, 2.75) is 19.8 Å². The van der Waals surface area contributed by atoms with E-state index in [1.165, 1.54) is 30.3 Å². The van der Waals surface area contributed by atoms with Crippen LogP contribution in [0.1, 0.15) is 25.3 Å². The molecule has 0 saturated heterocycles. The molecule has 0 unspecified atom stereocenters. The molecule has 0 amide bonds. The third-order valence-electron chi connectivity index (χ3n) is 3.80. The van der Waals surface area contributed by atoms with Gasteiger partial charge in [-0.15, -0.1) is 33.7 Å². The Labute approximate surface area is 171 Å². The van der Waals surface area contributed by atoms with Crippen molar-refractivity contribution < 1.29 is 49.0 Å². The van der Waals surface area contributed by atoms with Crippen LogP contribution >= 0.6 is 0 Å². The zero-order chi connectivity index (χ0) is 15.5. The second-order valence-corrected chi connectivity index (χ2v) is 8.29. The number of rotatable bonds is 1. The summed E-state index contributed by atoms with van der Waals surface area (Å²) in [6, 6.07) is 17.6. The second-order valence-electron chi connectivity index (χ2n) is 5.84. The molecule has 0 fully saturated rings. The van der Waals surface area contributed by atoms with Gasteiger partial charge in [0.1, 0.15) is 0 Å². The molecule has 3 heteroatoms. The zero-order valence-electron chi connectivity index (χ0n) is 13.8. The molecule has 0 heterocycles. The van der Waals surface area contributed by atoms with Crippen molar-refractivity contribution in [3.8, 4) is 0 Å². The average molecular weight is 434 g/mol. The molecule has 0 bridgehead atoms. The number of allylic oxidation sites excluding steroid dienone is 4. The summed E-state index contributed by atoms with van der Waals surface area (Å²) in [5.74, 6) is 0.436. The number of halogens is 2. The Bertz CT molecular complexity index is 871. The van der Waals surface area contributed by atoms with Crippen LogP contribution in [0.2, 0.25) is 0 Å². The largest absolute Gasteiger partial charge is 1.00 e. The van der Waals surface area contributed by atoms with Crippen molar-refractivity contribution in [3.05, 3.63) is 78.4 Å². The Balaban J connectivity index is 0.000000438. The van der Waals surface area contributed by atoms with Gasteiger partial charge in [0.25, 0.3) is 0 Å². The molecule has 3 aromatic rings. The van der Waals surface area contributed by atoms with Crippen LogP contribution in [0, 0.1) is 0 Å². The Kier molecular flexibility index (Phi) is 8.44. The molecule has 0 aliphatic heterocycles. The van der Waals surface area contributed by atoms with E-state index in [4.69, 9.17) is 0 Å². The van der Waals surface area contributed by atoms with Crippen LogP contribution in [-0.2, 0) is 24.2 Å². The van der Waals surface area contributed by atoms with E-state index in [2.05, 4.69) is 86.7 Å². The number of benzene rings is 2. The molecule has 0 N–H and O–H groups in total. The normalized spacial score (nSPS) is 12.5. The van der Waals surface area contributed by atoms with Crippen LogP contribution in [-0.4, -0.2) is 3.21 Å². The van der Waals surface area contributed by atoms with Crippen molar-refractivity contribution in [1.82, 2.24) is 0 Å². The standard InChI is InChI=1S/C18H13.C3H6.2ClH.Zr/c1-2-7-13(6-1)15-10-5-11-17-16-9-4-3-8-14(16)12-18(15)17;1-3-2;;;/h1-13H;1-2H3;2*1H;/q-1;;;;+2/p-2. The van der Waals surface area contributed by atoms with Crippen LogP contribution in [0.15, 0.2) is 72.8 Å². The van der Waals surface area contributed by atoms with Crippen LogP contribution in [0.5, 0.6) is 0 Å². The van der Waals surface area contributed by atoms with E-state index in [0.717, 1.165) is 0 Å². The Hall–Kier alpha value is -0.877. The molecule has 0 radical (unpaired) electrons. The van der Waals surface area contributed by atoms with Crippen molar-refractivity contribution >= 4 is 24.8 Å². The monoisotopic (exact) mass is 431 g/mol. The molecule has 0 atom stereocenters. The molecule has 122 valence electrons. The molecule has 0 spiro atoms. The van der Waals surface area contributed by atoms with Gasteiger partial charge in [-0.05, 0) is 5.92 Å². The maximum atomic E-state index is 2.32. The predicted molar refractivity (Wildman–Crippen MR) is 94.4 cm³/mol.